The molecule has 0 N–H and O–H groups in total. The van der Waals surface area contributed by atoms with Gasteiger partial charge in [0.25, 0.3) is 0 Å². The quantitative estimate of drug-likeness (QED) is 0.619. The zero-order valence-corrected chi connectivity index (χ0v) is 10.3. The van der Waals surface area contributed by atoms with Crippen LogP contribution in [0.25, 0.3) is 0 Å². The van der Waals surface area contributed by atoms with Crippen molar-refractivity contribution < 1.29 is 23.8 Å². The van der Waals surface area contributed by atoms with Crippen molar-refractivity contribution in [3.8, 4) is 0 Å². The molecule has 16 heavy (non-hydrogen) atoms. The third kappa shape index (κ3) is 8.23. The molecule has 0 bridgehead atoms. The second-order valence-corrected chi connectivity index (χ2v) is 3.60. The molecule has 2 atom stereocenters. The van der Waals surface area contributed by atoms with E-state index in [4.69, 9.17) is 14.2 Å². The smallest absolute Gasteiger partial charge is 0.305 e. The lowest BCUT2D eigenvalue weighted by atomic mass is 10.4. The Morgan fingerprint density at radius 1 is 1.12 bits per heavy atom. The molecule has 0 amide bonds. The van der Waals surface area contributed by atoms with Gasteiger partial charge in [0, 0.05) is 13.3 Å². The molecular formula is C11H20O5. The fourth-order valence-electron chi connectivity index (χ4n) is 0.924. The van der Waals surface area contributed by atoms with Gasteiger partial charge >= 0.3 is 11.9 Å². The van der Waals surface area contributed by atoms with E-state index in [9.17, 15) is 9.59 Å². The summed E-state index contributed by atoms with van der Waals surface area (Å²) < 4.78 is 15.1. The highest BCUT2D eigenvalue weighted by Crippen LogP contribution is 1.99. The minimum absolute atomic E-state index is 0.202. The van der Waals surface area contributed by atoms with Crippen LogP contribution >= 0.6 is 0 Å². The van der Waals surface area contributed by atoms with E-state index < -0.39 is 0 Å². The first-order valence-electron chi connectivity index (χ1n) is 5.40. The Hall–Kier alpha value is -1.10. The van der Waals surface area contributed by atoms with Gasteiger partial charge in [0.1, 0.15) is 12.7 Å². The van der Waals surface area contributed by atoms with Crippen LogP contribution in [0.15, 0.2) is 0 Å². The van der Waals surface area contributed by atoms with Crippen LogP contribution in [-0.4, -0.2) is 37.4 Å². The van der Waals surface area contributed by atoms with Crippen molar-refractivity contribution in [1.29, 1.82) is 0 Å². The molecule has 94 valence electrons. The van der Waals surface area contributed by atoms with E-state index in [1.165, 1.54) is 6.92 Å². The Balaban J connectivity index is 3.62. The predicted octanol–water partition coefficient (Wildman–Crippen LogP) is 1.30. The summed E-state index contributed by atoms with van der Waals surface area (Å²) >= 11 is 0. The van der Waals surface area contributed by atoms with Crippen LogP contribution < -0.4 is 0 Å². The maximum Gasteiger partial charge on any atom is 0.305 e. The molecule has 0 aliphatic rings. The topological polar surface area (TPSA) is 61.8 Å². The SMILES string of the molecule is CCC(=O)OC(C)COC(C)COC(C)=O. The van der Waals surface area contributed by atoms with Gasteiger partial charge in [-0.15, -0.1) is 0 Å². The summed E-state index contributed by atoms with van der Waals surface area (Å²) in [6.07, 6.45) is -0.133. The number of hydrogen-bond acceptors (Lipinski definition) is 5. The standard InChI is InChI=1S/C11H20O5/c1-5-11(13)16-9(3)7-14-8(2)6-15-10(4)12/h8-9H,5-7H2,1-4H3. The first-order chi connectivity index (χ1) is 7.45. The third-order valence-corrected chi connectivity index (χ3v) is 1.76. The monoisotopic (exact) mass is 232 g/mol. The number of ether oxygens (including phenoxy) is 3. The second kappa shape index (κ2) is 8.10. The zero-order chi connectivity index (χ0) is 12.6. The molecule has 0 saturated carbocycles. The number of carbonyl (C=O) groups is 2. The van der Waals surface area contributed by atoms with Gasteiger partial charge in [0.2, 0.25) is 0 Å². The van der Waals surface area contributed by atoms with Gasteiger partial charge in [0.05, 0.1) is 12.7 Å². The molecule has 5 nitrogen and oxygen atoms in total. The molecule has 0 radical (unpaired) electrons. The van der Waals surface area contributed by atoms with Crippen LogP contribution in [0.5, 0.6) is 0 Å². The van der Waals surface area contributed by atoms with Gasteiger partial charge in [-0.2, -0.15) is 0 Å². The fraction of sp³-hybridized carbons (Fsp3) is 0.818. The Morgan fingerprint density at radius 2 is 1.75 bits per heavy atom. The highest BCUT2D eigenvalue weighted by Gasteiger charge is 2.11. The molecule has 5 heteroatoms. The largest absolute Gasteiger partial charge is 0.463 e. The van der Waals surface area contributed by atoms with Crippen molar-refractivity contribution in [3.63, 3.8) is 0 Å². The molecule has 0 saturated heterocycles. The van der Waals surface area contributed by atoms with Gasteiger partial charge < -0.3 is 14.2 Å². The molecular weight excluding hydrogens is 212 g/mol. The Kier molecular flexibility index (Phi) is 7.54. The number of carbonyl (C=O) groups excluding carboxylic acids is 2. The average molecular weight is 232 g/mol. The third-order valence-electron chi connectivity index (χ3n) is 1.76. The summed E-state index contributed by atoms with van der Waals surface area (Å²) in [6.45, 7) is 7.14. The summed E-state index contributed by atoms with van der Waals surface area (Å²) in [7, 11) is 0. The first-order valence-corrected chi connectivity index (χ1v) is 5.40. The zero-order valence-electron chi connectivity index (χ0n) is 10.3. The van der Waals surface area contributed by atoms with E-state index in [1.807, 2.05) is 0 Å². The van der Waals surface area contributed by atoms with Crippen molar-refractivity contribution in [2.75, 3.05) is 13.2 Å². The van der Waals surface area contributed by atoms with Crippen LogP contribution in [-0.2, 0) is 23.8 Å². The summed E-state index contributed by atoms with van der Waals surface area (Å²) in [4.78, 5) is 21.5. The molecule has 0 aliphatic carbocycles. The van der Waals surface area contributed by atoms with Gasteiger partial charge in [-0.3, -0.25) is 9.59 Å². The maximum absolute atomic E-state index is 10.9. The van der Waals surface area contributed by atoms with Crippen molar-refractivity contribution in [3.05, 3.63) is 0 Å². The molecule has 0 aliphatic heterocycles. The minimum Gasteiger partial charge on any atom is -0.463 e. The number of hydrogen-bond donors (Lipinski definition) is 0. The van der Waals surface area contributed by atoms with E-state index in [-0.39, 0.29) is 30.8 Å². The first kappa shape index (κ1) is 14.9. The lowest BCUT2D eigenvalue weighted by molar-refractivity contribution is -0.153. The van der Waals surface area contributed by atoms with Gasteiger partial charge in [-0.05, 0) is 13.8 Å². The van der Waals surface area contributed by atoms with E-state index in [2.05, 4.69) is 0 Å². The molecule has 0 fully saturated rings. The number of esters is 2. The highest BCUT2D eigenvalue weighted by atomic mass is 16.6. The van der Waals surface area contributed by atoms with Crippen molar-refractivity contribution in [1.82, 2.24) is 0 Å². The summed E-state index contributed by atoms with van der Waals surface area (Å²) in [6, 6.07) is 0. The van der Waals surface area contributed by atoms with Crippen LogP contribution in [0.2, 0.25) is 0 Å². The molecule has 0 heterocycles. The van der Waals surface area contributed by atoms with Crippen LogP contribution in [0.3, 0.4) is 0 Å². The Labute approximate surface area is 96.1 Å². The highest BCUT2D eigenvalue weighted by molar-refractivity contribution is 5.69. The Bertz CT molecular complexity index is 226. The van der Waals surface area contributed by atoms with Crippen molar-refractivity contribution >= 4 is 11.9 Å². The van der Waals surface area contributed by atoms with Gasteiger partial charge in [-0.1, -0.05) is 6.92 Å². The lowest BCUT2D eigenvalue weighted by Gasteiger charge is -2.17. The van der Waals surface area contributed by atoms with Crippen LogP contribution in [0, 0.1) is 0 Å². The molecule has 0 aromatic heterocycles. The average Bonchev–Trinajstić information content (AvgIpc) is 2.23. The molecule has 0 aromatic rings. The lowest BCUT2D eigenvalue weighted by Crippen LogP contribution is -2.25. The van der Waals surface area contributed by atoms with E-state index in [0.717, 1.165) is 0 Å². The Morgan fingerprint density at radius 3 is 2.25 bits per heavy atom. The van der Waals surface area contributed by atoms with E-state index >= 15 is 0 Å². The second-order valence-electron chi connectivity index (χ2n) is 3.60. The van der Waals surface area contributed by atoms with E-state index in [0.29, 0.717) is 13.0 Å². The van der Waals surface area contributed by atoms with E-state index in [1.54, 1.807) is 20.8 Å². The summed E-state index contributed by atoms with van der Waals surface area (Å²) in [5.74, 6) is -0.579. The molecule has 0 aromatic carbocycles. The predicted molar refractivity (Wildman–Crippen MR) is 57.9 cm³/mol. The summed E-state index contributed by atoms with van der Waals surface area (Å²) in [5.41, 5.74) is 0. The molecule has 0 rings (SSSR count). The fourth-order valence-corrected chi connectivity index (χ4v) is 0.924. The maximum atomic E-state index is 10.9. The minimum atomic E-state index is -0.332. The van der Waals surface area contributed by atoms with Gasteiger partial charge in [0.15, 0.2) is 0 Å². The molecule has 2 unspecified atom stereocenters. The van der Waals surface area contributed by atoms with Crippen molar-refractivity contribution in [2.45, 2.75) is 46.3 Å². The summed E-state index contributed by atoms with van der Waals surface area (Å²) in [5, 5.41) is 0. The van der Waals surface area contributed by atoms with Crippen LogP contribution in [0.1, 0.15) is 34.1 Å². The van der Waals surface area contributed by atoms with Crippen LogP contribution in [0.4, 0.5) is 0 Å². The number of rotatable bonds is 7. The van der Waals surface area contributed by atoms with Gasteiger partial charge in [-0.25, -0.2) is 0 Å². The van der Waals surface area contributed by atoms with Crippen molar-refractivity contribution in [2.24, 2.45) is 0 Å². The molecule has 0 spiro atoms. The normalized spacial score (nSPS) is 14.0.